The summed E-state index contributed by atoms with van der Waals surface area (Å²) in [6.07, 6.45) is 4.02. The van der Waals surface area contributed by atoms with Crippen molar-refractivity contribution in [1.29, 1.82) is 0 Å². The van der Waals surface area contributed by atoms with Gasteiger partial charge in [0.15, 0.2) is 6.61 Å². The van der Waals surface area contributed by atoms with E-state index in [1.165, 1.54) is 0 Å². The van der Waals surface area contributed by atoms with Gasteiger partial charge in [-0.15, -0.1) is 0 Å². The van der Waals surface area contributed by atoms with Gasteiger partial charge in [0, 0.05) is 18.2 Å². The Morgan fingerprint density at radius 1 is 1.10 bits per heavy atom. The average Bonchev–Trinajstić information content (AvgIpc) is 2.71. The number of sulfonamides is 1. The van der Waals surface area contributed by atoms with E-state index in [4.69, 9.17) is 14.2 Å². The maximum absolute atomic E-state index is 13.0. The first-order chi connectivity index (χ1) is 13.9. The van der Waals surface area contributed by atoms with E-state index in [9.17, 15) is 13.2 Å². The molecule has 8 nitrogen and oxygen atoms in total. The SMILES string of the molecule is CS(=O)(=O)NC1CCCN2C(=O)COc3ccccc3C3CC[C@@H](CO3)OC[C@@H]12. The van der Waals surface area contributed by atoms with E-state index in [0.717, 1.165) is 31.1 Å². The summed E-state index contributed by atoms with van der Waals surface area (Å²) in [6, 6.07) is 6.90. The second kappa shape index (κ2) is 8.59. The van der Waals surface area contributed by atoms with Gasteiger partial charge < -0.3 is 19.1 Å². The second-order valence-electron chi connectivity index (χ2n) is 7.97. The Morgan fingerprint density at radius 2 is 1.93 bits per heavy atom. The highest BCUT2D eigenvalue weighted by Gasteiger charge is 2.37. The molecule has 160 valence electrons. The molecule has 4 heterocycles. The van der Waals surface area contributed by atoms with Gasteiger partial charge in [-0.2, -0.15) is 0 Å². The van der Waals surface area contributed by atoms with E-state index in [2.05, 4.69) is 4.72 Å². The van der Waals surface area contributed by atoms with Gasteiger partial charge in [0.25, 0.3) is 5.91 Å². The molecule has 0 spiro atoms. The molecule has 2 bridgehead atoms. The summed E-state index contributed by atoms with van der Waals surface area (Å²) < 4.78 is 44.4. The summed E-state index contributed by atoms with van der Waals surface area (Å²) in [5.41, 5.74) is 0.949. The van der Waals surface area contributed by atoms with Crippen LogP contribution in [0.4, 0.5) is 0 Å². The van der Waals surface area contributed by atoms with Crippen molar-refractivity contribution in [3.63, 3.8) is 0 Å². The number of para-hydroxylation sites is 1. The third kappa shape index (κ3) is 4.91. The van der Waals surface area contributed by atoms with Gasteiger partial charge in [-0.1, -0.05) is 18.2 Å². The molecule has 4 aliphatic rings. The maximum Gasteiger partial charge on any atom is 0.260 e. The molecule has 4 aliphatic heterocycles. The quantitative estimate of drug-likeness (QED) is 0.767. The summed E-state index contributed by atoms with van der Waals surface area (Å²) in [4.78, 5) is 14.7. The van der Waals surface area contributed by atoms with Crippen LogP contribution in [0.1, 0.15) is 37.4 Å². The lowest BCUT2D eigenvalue weighted by molar-refractivity contribution is -0.142. The number of nitrogens with one attached hydrogen (secondary N) is 1. The Bertz CT molecular complexity index is 837. The van der Waals surface area contributed by atoms with Crippen molar-refractivity contribution in [2.75, 3.05) is 32.6 Å². The van der Waals surface area contributed by atoms with Crippen molar-refractivity contribution in [3.8, 4) is 5.75 Å². The molecule has 2 fully saturated rings. The Labute approximate surface area is 171 Å². The smallest absolute Gasteiger partial charge is 0.260 e. The summed E-state index contributed by atoms with van der Waals surface area (Å²) in [5.74, 6) is 0.491. The highest BCUT2D eigenvalue weighted by Crippen LogP contribution is 2.35. The van der Waals surface area contributed by atoms with Gasteiger partial charge in [0.05, 0.1) is 37.7 Å². The lowest BCUT2D eigenvalue weighted by atomic mass is 9.97. The van der Waals surface area contributed by atoms with Crippen molar-refractivity contribution >= 4 is 15.9 Å². The Morgan fingerprint density at radius 3 is 2.69 bits per heavy atom. The van der Waals surface area contributed by atoms with Crippen molar-refractivity contribution in [2.24, 2.45) is 0 Å². The number of nitrogens with zero attached hydrogens (tertiary/aromatic N) is 1. The van der Waals surface area contributed by atoms with E-state index in [1.54, 1.807) is 4.90 Å². The molecule has 1 amide bonds. The maximum atomic E-state index is 13.0. The fourth-order valence-electron chi connectivity index (χ4n) is 4.42. The van der Waals surface area contributed by atoms with Crippen LogP contribution >= 0.6 is 0 Å². The highest BCUT2D eigenvalue weighted by atomic mass is 32.2. The van der Waals surface area contributed by atoms with E-state index in [1.807, 2.05) is 24.3 Å². The highest BCUT2D eigenvalue weighted by molar-refractivity contribution is 7.88. The van der Waals surface area contributed by atoms with Crippen LogP contribution in [0, 0.1) is 0 Å². The summed E-state index contributed by atoms with van der Waals surface area (Å²) in [5, 5.41) is 0. The van der Waals surface area contributed by atoms with Gasteiger partial charge in [-0.3, -0.25) is 4.79 Å². The fraction of sp³-hybridized carbons (Fsp3) is 0.650. The normalized spacial score (nSPS) is 30.9. The number of carbonyl (C=O) groups excluding carboxylic acids is 1. The van der Waals surface area contributed by atoms with Crippen molar-refractivity contribution in [3.05, 3.63) is 29.8 Å². The minimum absolute atomic E-state index is 0.0714. The van der Waals surface area contributed by atoms with Crippen molar-refractivity contribution in [1.82, 2.24) is 9.62 Å². The zero-order valence-corrected chi connectivity index (χ0v) is 17.4. The molecule has 0 aliphatic carbocycles. The molecular formula is C20H28N2O6S. The minimum Gasteiger partial charge on any atom is -0.483 e. The van der Waals surface area contributed by atoms with Gasteiger partial charge in [-0.25, -0.2) is 13.1 Å². The van der Waals surface area contributed by atoms with Gasteiger partial charge in [-0.05, 0) is 31.7 Å². The first-order valence-corrected chi connectivity index (χ1v) is 12.0. The van der Waals surface area contributed by atoms with Gasteiger partial charge >= 0.3 is 0 Å². The third-order valence-corrected chi connectivity index (χ3v) is 6.55. The van der Waals surface area contributed by atoms with Crippen LogP contribution in [0.25, 0.3) is 0 Å². The van der Waals surface area contributed by atoms with Crippen LogP contribution < -0.4 is 9.46 Å². The van der Waals surface area contributed by atoms with E-state index in [0.29, 0.717) is 25.3 Å². The van der Waals surface area contributed by atoms with Crippen molar-refractivity contribution in [2.45, 2.75) is 50.0 Å². The summed E-state index contributed by atoms with van der Waals surface area (Å²) >= 11 is 0. The number of fused-ring (bicyclic) bond motifs is 5. The number of hydrogen-bond acceptors (Lipinski definition) is 6. The summed E-state index contributed by atoms with van der Waals surface area (Å²) in [7, 11) is -3.40. The topological polar surface area (TPSA) is 94.2 Å². The summed E-state index contributed by atoms with van der Waals surface area (Å²) in [6.45, 7) is 1.19. The van der Waals surface area contributed by atoms with Crippen LogP contribution in [-0.4, -0.2) is 70.0 Å². The number of rotatable bonds is 2. The molecule has 0 saturated carbocycles. The van der Waals surface area contributed by atoms with Crippen LogP contribution in [0.15, 0.2) is 24.3 Å². The fourth-order valence-corrected chi connectivity index (χ4v) is 5.25. The first kappa shape index (κ1) is 20.6. The van der Waals surface area contributed by atoms with Crippen LogP contribution in [-0.2, 0) is 24.3 Å². The average molecular weight is 425 g/mol. The largest absolute Gasteiger partial charge is 0.483 e. The minimum atomic E-state index is -3.40. The van der Waals surface area contributed by atoms with Crippen LogP contribution in [0.3, 0.4) is 0 Å². The lowest BCUT2D eigenvalue weighted by Crippen LogP contribution is -2.59. The zero-order valence-electron chi connectivity index (χ0n) is 16.6. The number of amides is 1. The lowest BCUT2D eigenvalue weighted by Gasteiger charge is -2.41. The third-order valence-electron chi connectivity index (χ3n) is 5.82. The molecule has 5 rings (SSSR count). The molecule has 4 atom stereocenters. The van der Waals surface area contributed by atoms with E-state index < -0.39 is 10.0 Å². The van der Waals surface area contributed by atoms with Crippen molar-refractivity contribution < 1.29 is 27.4 Å². The van der Waals surface area contributed by atoms with Gasteiger partial charge in [0.1, 0.15) is 5.75 Å². The standard InChI is InChI=1S/C20H28N2O6S/c1-29(24,25)21-16-6-4-10-22-17(16)12-26-14-8-9-19(27-11-14)15-5-2-3-7-18(15)28-13-20(22)23/h2-3,5,7,14,16-17,19,21H,4,6,8-13H2,1H3/t14-,16?,17-,19?/m0/s1. The number of benzene rings is 1. The molecule has 0 aromatic heterocycles. The molecule has 1 aromatic carbocycles. The molecule has 1 N–H and O–H groups in total. The molecule has 2 unspecified atom stereocenters. The molecule has 1 aromatic rings. The molecule has 9 heteroatoms. The van der Waals surface area contributed by atoms with Gasteiger partial charge in [0.2, 0.25) is 10.0 Å². The number of hydrogen-bond donors (Lipinski definition) is 1. The predicted molar refractivity (Wildman–Crippen MR) is 106 cm³/mol. The van der Waals surface area contributed by atoms with Crippen LogP contribution in [0.5, 0.6) is 5.75 Å². The Kier molecular flexibility index (Phi) is 6.10. The van der Waals surface area contributed by atoms with Crippen LogP contribution in [0.2, 0.25) is 0 Å². The van der Waals surface area contributed by atoms with E-state index >= 15 is 0 Å². The molecular weight excluding hydrogens is 396 g/mol. The molecule has 0 radical (unpaired) electrons. The number of ether oxygens (including phenoxy) is 3. The monoisotopic (exact) mass is 424 g/mol. The zero-order chi connectivity index (χ0) is 20.4. The second-order valence-corrected chi connectivity index (χ2v) is 9.75. The van der Waals surface area contributed by atoms with E-state index in [-0.39, 0.29) is 43.4 Å². The Balaban J connectivity index is 1.61. The number of piperidine rings is 1. The first-order valence-electron chi connectivity index (χ1n) is 10.1. The Hall–Kier alpha value is -1.68. The molecule has 29 heavy (non-hydrogen) atoms. The molecule has 2 saturated heterocycles. The predicted octanol–water partition coefficient (Wildman–Crippen LogP) is 1.22. The number of carbonyl (C=O) groups is 1.